The Morgan fingerprint density at radius 2 is 1.06 bits per heavy atom. The van der Waals surface area contributed by atoms with E-state index in [2.05, 4.69) is 52.8 Å². The van der Waals surface area contributed by atoms with Crippen LogP contribution in [0.2, 0.25) is 0 Å². The van der Waals surface area contributed by atoms with Crippen LogP contribution < -0.4 is 65.1 Å². The summed E-state index contributed by atoms with van der Waals surface area (Å²) < 4.78 is 0. The largest absolute Gasteiger partial charge is 0.508 e. The number of phenolic OH excluding ortho intramolecular Hbond substituents is 1. The van der Waals surface area contributed by atoms with E-state index in [0.717, 1.165) is 43.0 Å². The number of carbonyl (C=O) groups is 10. The molecule has 28 heteroatoms. The molecular weight excluding hydrogens is 1140 g/mol. The van der Waals surface area contributed by atoms with E-state index in [4.69, 9.17) is 22.6 Å². The Morgan fingerprint density at radius 3 is 1.62 bits per heavy atom. The quantitative estimate of drug-likeness (QED) is 0.0139. The fourth-order valence-electron chi connectivity index (χ4n) is 10.2. The summed E-state index contributed by atoms with van der Waals surface area (Å²) in [5.41, 5.74) is 19.1. The van der Waals surface area contributed by atoms with Crippen LogP contribution in [0.25, 0.3) is 10.9 Å². The summed E-state index contributed by atoms with van der Waals surface area (Å²) in [7, 11) is 0. The number of aliphatic carboxylic acids is 1. The van der Waals surface area contributed by atoms with Crippen molar-refractivity contribution in [3.05, 3.63) is 102 Å². The molecule has 9 atom stereocenters. The molecular formula is C60H84N14O14. The first kappa shape index (κ1) is 69.6. The minimum absolute atomic E-state index is 0.0000838. The number of aliphatic hydroxyl groups excluding tert-OH is 2. The lowest BCUT2D eigenvalue weighted by atomic mass is 9.84. The van der Waals surface area contributed by atoms with Crippen molar-refractivity contribution in [1.29, 1.82) is 5.41 Å². The molecule has 5 rings (SSSR count). The van der Waals surface area contributed by atoms with Gasteiger partial charge in [-0.1, -0.05) is 107 Å². The number of amides is 9. The van der Waals surface area contributed by atoms with Crippen LogP contribution in [0, 0.1) is 17.2 Å². The number of carboxylic acid groups (broad SMARTS) is 1. The first-order chi connectivity index (χ1) is 41.9. The number of rotatable bonds is 35. The van der Waals surface area contributed by atoms with Gasteiger partial charge in [0.05, 0.1) is 25.7 Å². The average molecular weight is 1230 g/mol. The summed E-state index contributed by atoms with van der Waals surface area (Å²) in [5, 5.41) is 71.6. The topological polar surface area (TPSA) is 478 Å². The minimum atomic E-state index is -1.78. The maximum Gasteiger partial charge on any atom is 0.305 e. The lowest BCUT2D eigenvalue weighted by Crippen LogP contribution is -2.61. The van der Waals surface area contributed by atoms with Crippen LogP contribution in [0.4, 0.5) is 0 Å². The van der Waals surface area contributed by atoms with Crippen molar-refractivity contribution in [2.24, 2.45) is 29.0 Å². The fourth-order valence-corrected chi connectivity index (χ4v) is 10.2. The summed E-state index contributed by atoms with van der Waals surface area (Å²) in [6, 6.07) is 7.99. The van der Waals surface area contributed by atoms with Crippen molar-refractivity contribution in [3.8, 4) is 5.75 Å². The number of guanidine groups is 1. The minimum Gasteiger partial charge on any atom is -0.508 e. The van der Waals surface area contributed by atoms with E-state index in [1.54, 1.807) is 74.6 Å². The SMILES string of the molecule is CC(C)C[C@H](NC(=O)[C@H](Cc1ccc(O)cc1)NC(=O)[C@@H](CCCNC(=N)N)NC(=O)[C@@H](CO)NC(=O)[C@H](Cc1ccccc1)NC(=O)[C@H](CC1CCCCC1)NC(=O)[C@@H](N)CC(=O)O)C(=O)N[C@@H](Cc1c[nH]c2ccccc12)C(=O)N[C@@H](CO)C(N)=O. The third-order valence-electron chi connectivity index (χ3n) is 14.9. The van der Waals surface area contributed by atoms with E-state index >= 15 is 0 Å². The zero-order valence-electron chi connectivity index (χ0n) is 49.4. The summed E-state index contributed by atoms with van der Waals surface area (Å²) in [6.07, 6.45) is 4.68. The molecule has 4 aromatic rings. The molecule has 1 aliphatic carbocycles. The highest BCUT2D eigenvalue weighted by molar-refractivity contribution is 5.99. The molecule has 1 aliphatic rings. The maximum absolute atomic E-state index is 14.7. The summed E-state index contributed by atoms with van der Waals surface area (Å²) >= 11 is 0. The van der Waals surface area contributed by atoms with Gasteiger partial charge in [-0.15, -0.1) is 0 Å². The molecule has 28 nitrogen and oxygen atoms in total. The number of primary amides is 1. The van der Waals surface area contributed by atoms with Crippen molar-refractivity contribution in [2.75, 3.05) is 19.8 Å². The maximum atomic E-state index is 14.7. The number of nitrogens with one attached hydrogen (secondary N) is 11. The van der Waals surface area contributed by atoms with Crippen LogP contribution in [-0.2, 0) is 67.2 Å². The predicted octanol–water partition coefficient (Wildman–Crippen LogP) is -1.67. The number of phenols is 1. The number of carbonyl (C=O) groups excluding carboxylic acids is 9. The van der Waals surface area contributed by atoms with Gasteiger partial charge in [-0.05, 0) is 72.4 Å². The first-order valence-electron chi connectivity index (χ1n) is 29.3. The van der Waals surface area contributed by atoms with Crippen molar-refractivity contribution in [1.82, 2.24) is 52.8 Å². The van der Waals surface area contributed by atoms with E-state index in [1.165, 1.54) is 24.3 Å². The fraction of sp³-hybridized carbons (Fsp3) is 0.483. The molecule has 1 heterocycles. The number of nitrogens with two attached hydrogens (primary N) is 3. The Balaban J connectivity index is 1.41. The molecule has 21 N–H and O–H groups in total. The Morgan fingerprint density at radius 1 is 0.580 bits per heavy atom. The molecule has 0 bridgehead atoms. The van der Waals surface area contributed by atoms with E-state index in [-0.39, 0.29) is 69.1 Å². The van der Waals surface area contributed by atoms with Crippen molar-refractivity contribution in [3.63, 3.8) is 0 Å². The normalized spacial score (nSPS) is 15.5. The van der Waals surface area contributed by atoms with Gasteiger partial charge in [-0.2, -0.15) is 0 Å². The van der Waals surface area contributed by atoms with E-state index in [1.807, 2.05) is 0 Å². The van der Waals surface area contributed by atoms with Crippen LogP contribution in [0.3, 0.4) is 0 Å². The molecule has 1 fully saturated rings. The van der Waals surface area contributed by atoms with Gasteiger partial charge in [0.1, 0.15) is 54.1 Å². The zero-order valence-corrected chi connectivity index (χ0v) is 49.4. The number of carboxylic acids is 1. The Hall–Kier alpha value is -9.15. The molecule has 1 aromatic heterocycles. The second-order valence-corrected chi connectivity index (χ2v) is 22.4. The van der Waals surface area contributed by atoms with Gasteiger partial charge in [0.25, 0.3) is 0 Å². The molecule has 0 unspecified atom stereocenters. The molecule has 1 saturated carbocycles. The number of H-pyrrole nitrogens is 1. The van der Waals surface area contributed by atoms with Crippen LogP contribution in [0.1, 0.15) is 94.7 Å². The van der Waals surface area contributed by atoms with Crippen LogP contribution in [0.15, 0.2) is 85.1 Å². The molecule has 0 saturated heterocycles. The highest BCUT2D eigenvalue weighted by Crippen LogP contribution is 2.28. The molecule has 9 amide bonds. The Labute approximate surface area is 508 Å². The van der Waals surface area contributed by atoms with Gasteiger partial charge in [0.2, 0.25) is 53.2 Å². The summed E-state index contributed by atoms with van der Waals surface area (Å²) in [4.78, 5) is 140. The third kappa shape index (κ3) is 22.6. The number of aromatic amines is 1. The molecule has 0 radical (unpaired) electrons. The second-order valence-electron chi connectivity index (χ2n) is 22.4. The number of aliphatic hydroxyl groups is 2. The summed E-state index contributed by atoms with van der Waals surface area (Å²) in [5.74, 6) is -10.5. The van der Waals surface area contributed by atoms with Crippen molar-refractivity contribution < 1.29 is 68.4 Å². The molecule has 478 valence electrons. The summed E-state index contributed by atoms with van der Waals surface area (Å²) in [6.45, 7) is 1.69. The first-order valence-corrected chi connectivity index (χ1v) is 29.3. The van der Waals surface area contributed by atoms with E-state index in [0.29, 0.717) is 16.7 Å². The Bertz CT molecular complexity index is 3030. The van der Waals surface area contributed by atoms with Crippen LogP contribution in [0.5, 0.6) is 5.75 Å². The van der Waals surface area contributed by atoms with Crippen molar-refractivity contribution in [2.45, 2.75) is 152 Å². The molecule has 0 aliphatic heterocycles. The van der Waals surface area contributed by atoms with Gasteiger partial charge >= 0.3 is 5.97 Å². The lowest BCUT2D eigenvalue weighted by molar-refractivity contribution is -0.140. The smallest absolute Gasteiger partial charge is 0.305 e. The average Bonchev–Trinajstić information content (AvgIpc) is 3.73. The number of fused-ring (bicyclic) bond motifs is 1. The standard InChI is InChI=1S/C60H84N14O14/c1-33(2)24-43(54(83)72-47(58(87)73-48(31-75)51(62)80)28-37-30-66-41-17-10-9-16-39(37)41)69-56(85)46(27-36-19-21-38(77)22-20-36)70-53(82)42(18-11-23-65-60(63)64)67-59(88)49(32-76)74-57(86)45(26-35-14-7-4-8-15-35)71-55(84)44(25-34-12-5-3-6-13-34)68-52(81)40(61)29-50(78)79/h4,7-10,14-17,19-22,30,33-34,40,42-49,66,75-77H,3,5-6,11-13,18,23-29,31-32,61H2,1-2H3,(H2,62,80)(H,67,88)(H,68,81)(H,69,85)(H,70,82)(H,71,84)(H,72,83)(H,73,87)(H,74,86)(H,78,79)(H4,63,64,65)/t40-,42+,43-,44-,45-,46-,47-,48-,49+/m0/s1. The lowest BCUT2D eigenvalue weighted by Gasteiger charge is -2.29. The highest BCUT2D eigenvalue weighted by Gasteiger charge is 2.36. The number of para-hydroxylation sites is 1. The number of benzene rings is 3. The van der Waals surface area contributed by atoms with Crippen molar-refractivity contribution >= 4 is 76.0 Å². The van der Waals surface area contributed by atoms with Gasteiger partial charge < -0.3 is 90.5 Å². The predicted molar refractivity (Wildman–Crippen MR) is 323 cm³/mol. The number of aromatic nitrogens is 1. The van der Waals surface area contributed by atoms with Gasteiger partial charge in [0, 0.05) is 42.9 Å². The Kier molecular flexibility index (Phi) is 27.6. The third-order valence-corrected chi connectivity index (χ3v) is 14.9. The second kappa shape index (κ2) is 34.9. The number of hydrogen-bond donors (Lipinski definition) is 18. The zero-order chi connectivity index (χ0) is 64.5. The van der Waals surface area contributed by atoms with Crippen LogP contribution in [-0.4, -0.2) is 165 Å². The van der Waals surface area contributed by atoms with Crippen LogP contribution >= 0.6 is 0 Å². The number of hydrogen-bond acceptors (Lipinski definition) is 15. The highest BCUT2D eigenvalue weighted by atomic mass is 16.4. The molecule has 88 heavy (non-hydrogen) atoms. The van der Waals surface area contributed by atoms with E-state index < -0.39 is 139 Å². The van der Waals surface area contributed by atoms with Gasteiger partial charge in [-0.25, -0.2) is 0 Å². The number of aromatic hydroxyl groups is 1. The van der Waals surface area contributed by atoms with Gasteiger partial charge in [0.15, 0.2) is 5.96 Å². The molecule has 0 spiro atoms. The van der Waals surface area contributed by atoms with E-state index in [9.17, 15) is 68.4 Å². The van der Waals surface area contributed by atoms with Gasteiger partial charge in [-0.3, -0.25) is 53.4 Å². The monoisotopic (exact) mass is 1220 g/mol. The molecule has 3 aromatic carbocycles.